The number of hydrogen-bond donors (Lipinski definition) is 2. The number of amides is 1. The molecule has 2 heterocycles. The highest BCUT2D eigenvalue weighted by Crippen LogP contribution is 2.22. The molecule has 4 rings (SSSR count). The van der Waals surface area contributed by atoms with E-state index in [1.165, 1.54) is 23.8 Å². The molecule has 1 amide bonds. The third kappa shape index (κ3) is 4.84. The van der Waals surface area contributed by atoms with Gasteiger partial charge in [-0.25, -0.2) is 4.79 Å². The van der Waals surface area contributed by atoms with Crippen LogP contribution in [0.25, 0.3) is 11.0 Å². The Bertz CT molecular complexity index is 1050. The number of likely N-dealkylation sites (tertiary alicyclic amines) is 1. The number of rotatable bonds is 5. The molecule has 29 heavy (non-hydrogen) atoms. The van der Waals surface area contributed by atoms with Crippen LogP contribution in [0, 0.1) is 0 Å². The summed E-state index contributed by atoms with van der Waals surface area (Å²) in [6.07, 6.45) is 1.92. The first kappa shape index (κ1) is 19.2. The van der Waals surface area contributed by atoms with Crippen molar-refractivity contribution in [1.82, 2.24) is 10.2 Å². The van der Waals surface area contributed by atoms with E-state index in [-0.39, 0.29) is 29.7 Å². The zero-order chi connectivity index (χ0) is 20.2. The number of aromatic hydroxyl groups is 1. The minimum absolute atomic E-state index is 0.0181. The maximum atomic E-state index is 12.6. The van der Waals surface area contributed by atoms with Gasteiger partial charge in [0.25, 0.3) is 0 Å². The summed E-state index contributed by atoms with van der Waals surface area (Å²) in [5.41, 5.74) is 1.67. The molecule has 0 saturated carbocycles. The Morgan fingerprint density at radius 1 is 1.10 bits per heavy atom. The molecule has 1 aromatic heterocycles. The molecule has 0 unspecified atom stereocenters. The van der Waals surface area contributed by atoms with Crippen LogP contribution in [0.2, 0.25) is 0 Å². The van der Waals surface area contributed by atoms with Crippen LogP contribution in [-0.4, -0.2) is 35.0 Å². The molecule has 150 valence electrons. The quantitative estimate of drug-likeness (QED) is 0.653. The van der Waals surface area contributed by atoms with Gasteiger partial charge in [-0.3, -0.25) is 9.69 Å². The number of nitrogens with one attached hydrogen (secondary N) is 1. The second-order valence-electron chi connectivity index (χ2n) is 7.55. The van der Waals surface area contributed by atoms with Crippen molar-refractivity contribution in [2.24, 2.45) is 0 Å². The van der Waals surface area contributed by atoms with E-state index >= 15 is 0 Å². The van der Waals surface area contributed by atoms with Gasteiger partial charge in [-0.05, 0) is 36.1 Å². The Hall–Kier alpha value is -3.12. The zero-order valence-corrected chi connectivity index (χ0v) is 16.1. The van der Waals surface area contributed by atoms with Gasteiger partial charge >= 0.3 is 5.63 Å². The van der Waals surface area contributed by atoms with Crippen LogP contribution in [0.4, 0.5) is 0 Å². The lowest BCUT2D eigenvalue weighted by Gasteiger charge is -2.32. The fraction of sp³-hybridized carbons (Fsp3) is 0.304. The molecule has 0 spiro atoms. The van der Waals surface area contributed by atoms with Crippen molar-refractivity contribution in [3.05, 3.63) is 76.1 Å². The molecule has 1 aliphatic heterocycles. The van der Waals surface area contributed by atoms with Crippen molar-refractivity contribution in [3.63, 3.8) is 0 Å². The van der Waals surface area contributed by atoms with Crippen LogP contribution in [0.1, 0.15) is 24.0 Å². The largest absolute Gasteiger partial charge is 0.508 e. The molecular weight excluding hydrogens is 368 g/mol. The molecule has 1 fully saturated rings. The summed E-state index contributed by atoms with van der Waals surface area (Å²) in [5, 5.41) is 13.3. The summed E-state index contributed by atoms with van der Waals surface area (Å²) in [6.45, 7) is 2.81. The second-order valence-corrected chi connectivity index (χ2v) is 7.55. The highest BCUT2D eigenvalue weighted by Gasteiger charge is 2.21. The monoisotopic (exact) mass is 392 g/mol. The van der Waals surface area contributed by atoms with Gasteiger partial charge in [0.15, 0.2) is 0 Å². The molecule has 1 aliphatic rings. The highest BCUT2D eigenvalue weighted by molar-refractivity contribution is 5.87. The predicted molar refractivity (Wildman–Crippen MR) is 111 cm³/mol. The van der Waals surface area contributed by atoms with E-state index in [4.69, 9.17) is 4.42 Å². The smallest absolute Gasteiger partial charge is 0.336 e. The van der Waals surface area contributed by atoms with Crippen LogP contribution >= 0.6 is 0 Å². The zero-order valence-electron chi connectivity index (χ0n) is 16.1. The standard InChI is InChI=1S/C23H24N2O4/c26-19-6-7-20-17(13-23(28)29-21(20)14-19)12-22(27)24-18-8-10-25(11-9-18)15-16-4-2-1-3-5-16/h1-7,13-14,18,26H,8-12,15H2,(H,24,27). The summed E-state index contributed by atoms with van der Waals surface area (Å²) in [6, 6.07) is 16.5. The Labute approximate surface area is 168 Å². The summed E-state index contributed by atoms with van der Waals surface area (Å²) in [7, 11) is 0. The van der Waals surface area contributed by atoms with Gasteiger partial charge in [0.05, 0.1) is 6.42 Å². The minimum atomic E-state index is -0.528. The Morgan fingerprint density at radius 2 is 1.86 bits per heavy atom. The van der Waals surface area contributed by atoms with E-state index < -0.39 is 5.63 Å². The van der Waals surface area contributed by atoms with Crippen molar-refractivity contribution in [2.75, 3.05) is 13.1 Å². The molecule has 2 aromatic carbocycles. The SMILES string of the molecule is O=C(Cc1cc(=O)oc2cc(O)ccc12)NC1CCN(Cc2ccccc2)CC1. The summed E-state index contributed by atoms with van der Waals surface area (Å²) in [5.74, 6) is -0.0870. The average Bonchev–Trinajstić information content (AvgIpc) is 2.70. The number of hydrogen-bond acceptors (Lipinski definition) is 5. The van der Waals surface area contributed by atoms with Gasteiger partial charge in [0.2, 0.25) is 5.91 Å². The molecule has 2 N–H and O–H groups in total. The van der Waals surface area contributed by atoms with Crippen LogP contribution in [0.15, 0.2) is 63.8 Å². The lowest BCUT2D eigenvalue weighted by Crippen LogP contribution is -2.44. The van der Waals surface area contributed by atoms with Gasteiger partial charge < -0.3 is 14.8 Å². The molecule has 0 aliphatic carbocycles. The van der Waals surface area contributed by atoms with Gasteiger partial charge in [-0.15, -0.1) is 0 Å². The van der Waals surface area contributed by atoms with Gasteiger partial charge in [0, 0.05) is 43.2 Å². The lowest BCUT2D eigenvalue weighted by molar-refractivity contribution is -0.121. The van der Waals surface area contributed by atoms with E-state index in [0.717, 1.165) is 32.5 Å². The van der Waals surface area contributed by atoms with E-state index in [1.807, 2.05) is 6.07 Å². The van der Waals surface area contributed by atoms with Crippen LogP contribution in [-0.2, 0) is 17.8 Å². The lowest BCUT2D eigenvalue weighted by atomic mass is 10.0. The fourth-order valence-corrected chi connectivity index (χ4v) is 3.89. The Morgan fingerprint density at radius 3 is 2.62 bits per heavy atom. The maximum absolute atomic E-state index is 12.6. The normalized spacial score (nSPS) is 15.4. The Balaban J connectivity index is 1.34. The minimum Gasteiger partial charge on any atom is -0.508 e. The van der Waals surface area contributed by atoms with E-state index in [9.17, 15) is 14.7 Å². The van der Waals surface area contributed by atoms with Crippen molar-refractivity contribution in [3.8, 4) is 5.75 Å². The third-order valence-corrected chi connectivity index (χ3v) is 5.37. The van der Waals surface area contributed by atoms with E-state index in [1.54, 1.807) is 6.07 Å². The van der Waals surface area contributed by atoms with Crippen LogP contribution in [0.5, 0.6) is 5.75 Å². The number of benzene rings is 2. The molecular formula is C23H24N2O4. The Kier molecular flexibility index (Phi) is 5.62. The van der Waals surface area contributed by atoms with Gasteiger partial charge in [-0.2, -0.15) is 0 Å². The first-order valence-electron chi connectivity index (χ1n) is 9.88. The van der Waals surface area contributed by atoms with Crippen LogP contribution < -0.4 is 10.9 Å². The first-order valence-corrected chi connectivity index (χ1v) is 9.88. The van der Waals surface area contributed by atoms with Crippen molar-refractivity contribution < 1.29 is 14.3 Å². The van der Waals surface area contributed by atoms with Crippen molar-refractivity contribution in [1.29, 1.82) is 0 Å². The molecule has 6 nitrogen and oxygen atoms in total. The van der Waals surface area contributed by atoms with E-state index in [0.29, 0.717) is 10.9 Å². The first-order chi connectivity index (χ1) is 14.1. The van der Waals surface area contributed by atoms with Crippen molar-refractivity contribution >= 4 is 16.9 Å². The molecule has 6 heteroatoms. The molecule has 1 saturated heterocycles. The highest BCUT2D eigenvalue weighted by atomic mass is 16.4. The third-order valence-electron chi connectivity index (χ3n) is 5.37. The number of nitrogens with zero attached hydrogens (tertiary/aromatic N) is 1. The number of piperidine rings is 1. The number of fused-ring (bicyclic) bond motifs is 1. The fourth-order valence-electron chi connectivity index (χ4n) is 3.89. The molecule has 0 radical (unpaired) electrons. The molecule has 3 aromatic rings. The van der Waals surface area contributed by atoms with E-state index in [2.05, 4.69) is 34.5 Å². The molecule has 0 atom stereocenters. The number of carbonyl (C=O) groups is 1. The summed E-state index contributed by atoms with van der Waals surface area (Å²) in [4.78, 5) is 26.8. The van der Waals surface area contributed by atoms with Gasteiger partial charge in [-0.1, -0.05) is 30.3 Å². The topological polar surface area (TPSA) is 82.8 Å². The summed E-state index contributed by atoms with van der Waals surface area (Å²) < 4.78 is 5.12. The predicted octanol–water partition coefficient (Wildman–Crippen LogP) is 2.82. The van der Waals surface area contributed by atoms with Gasteiger partial charge in [0.1, 0.15) is 11.3 Å². The average molecular weight is 392 g/mol. The second kappa shape index (κ2) is 8.49. The molecule has 0 bridgehead atoms. The maximum Gasteiger partial charge on any atom is 0.336 e. The van der Waals surface area contributed by atoms with Crippen molar-refractivity contribution in [2.45, 2.75) is 31.8 Å². The number of carbonyl (C=O) groups excluding carboxylic acids is 1. The number of phenolic OH excluding ortho intramolecular Hbond substituents is 1. The summed E-state index contributed by atoms with van der Waals surface area (Å²) >= 11 is 0. The number of phenols is 1. The van der Waals surface area contributed by atoms with Crippen LogP contribution in [0.3, 0.4) is 0 Å².